The standard InChI is InChI=1S/C14H15F3O2/c15-11-4-1-8(12(16)13(11)17)5-14(18)6-9-2-3-10(7-14)19-9/h1,4,9-10,18H,2-3,5-7H2. The van der Waals surface area contributed by atoms with E-state index in [1.807, 2.05) is 0 Å². The minimum atomic E-state index is -1.48. The molecule has 1 N–H and O–H groups in total. The molecular weight excluding hydrogens is 257 g/mol. The van der Waals surface area contributed by atoms with E-state index in [9.17, 15) is 18.3 Å². The number of fused-ring (bicyclic) bond motifs is 2. The molecule has 104 valence electrons. The summed E-state index contributed by atoms with van der Waals surface area (Å²) in [6.45, 7) is 0. The number of hydrogen-bond acceptors (Lipinski definition) is 2. The third-order valence-electron chi connectivity index (χ3n) is 4.05. The van der Waals surface area contributed by atoms with Crippen LogP contribution in [-0.2, 0) is 11.2 Å². The van der Waals surface area contributed by atoms with E-state index >= 15 is 0 Å². The van der Waals surface area contributed by atoms with Crippen molar-refractivity contribution in [3.05, 3.63) is 35.1 Å². The summed E-state index contributed by atoms with van der Waals surface area (Å²) in [6, 6.07) is 2.09. The summed E-state index contributed by atoms with van der Waals surface area (Å²) in [7, 11) is 0. The van der Waals surface area contributed by atoms with Crippen molar-refractivity contribution in [3.63, 3.8) is 0 Å². The van der Waals surface area contributed by atoms with E-state index in [1.54, 1.807) is 0 Å². The Morgan fingerprint density at radius 3 is 2.37 bits per heavy atom. The SMILES string of the molecule is OC1(Cc2ccc(F)c(F)c2F)CC2CCC(C1)O2. The number of rotatable bonds is 2. The average molecular weight is 272 g/mol. The summed E-state index contributed by atoms with van der Waals surface area (Å²) >= 11 is 0. The Balaban J connectivity index is 1.83. The average Bonchev–Trinajstić information content (AvgIpc) is 2.70. The molecule has 2 atom stereocenters. The summed E-state index contributed by atoms with van der Waals surface area (Å²) in [5.41, 5.74) is -1.07. The molecular formula is C14H15F3O2. The van der Waals surface area contributed by atoms with Crippen molar-refractivity contribution in [1.82, 2.24) is 0 Å². The molecule has 0 spiro atoms. The molecule has 2 nitrogen and oxygen atoms in total. The van der Waals surface area contributed by atoms with E-state index in [0.29, 0.717) is 12.8 Å². The summed E-state index contributed by atoms with van der Waals surface area (Å²) in [5, 5.41) is 10.5. The lowest BCUT2D eigenvalue weighted by atomic mass is 9.84. The summed E-state index contributed by atoms with van der Waals surface area (Å²) < 4.78 is 45.3. The molecule has 0 aromatic heterocycles. The largest absolute Gasteiger partial charge is 0.389 e. The zero-order valence-electron chi connectivity index (χ0n) is 10.3. The normalized spacial score (nSPS) is 33.7. The van der Waals surface area contributed by atoms with Crippen LogP contribution in [0.2, 0.25) is 0 Å². The van der Waals surface area contributed by atoms with Crippen molar-refractivity contribution >= 4 is 0 Å². The minimum absolute atomic E-state index is 0.00268. The van der Waals surface area contributed by atoms with Gasteiger partial charge in [0, 0.05) is 19.3 Å². The number of benzene rings is 1. The van der Waals surface area contributed by atoms with Crippen LogP contribution in [0.5, 0.6) is 0 Å². The van der Waals surface area contributed by atoms with Gasteiger partial charge in [0.1, 0.15) is 0 Å². The lowest BCUT2D eigenvalue weighted by molar-refractivity contribution is -0.110. The Bertz CT molecular complexity index is 492. The van der Waals surface area contributed by atoms with E-state index in [4.69, 9.17) is 4.74 Å². The second-order valence-electron chi connectivity index (χ2n) is 5.60. The molecule has 3 rings (SSSR count). The molecule has 2 saturated heterocycles. The third-order valence-corrected chi connectivity index (χ3v) is 4.05. The molecule has 0 aliphatic carbocycles. The monoisotopic (exact) mass is 272 g/mol. The molecule has 0 amide bonds. The fourth-order valence-corrected chi connectivity index (χ4v) is 3.21. The zero-order chi connectivity index (χ0) is 13.6. The second kappa shape index (κ2) is 4.49. The summed E-state index contributed by atoms with van der Waals surface area (Å²) in [6.07, 6.45) is 2.62. The minimum Gasteiger partial charge on any atom is -0.389 e. The Morgan fingerprint density at radius 1 is 1.11 bits per heavy atom. The molecule has 2 unspecified atom stereocenters. The Hall–Kier alpha value is -1.07. The molecule has 19 heavy (non-hydrogen) atoms. The predicted molar refractivity (Wildman–Crippen MR) is 62.1 cm³/mol. The van der Waals surface area contributed by atoms with Crippen LogP contribution in [0.15, 0.2) is 12.1 Å². The van der Waals surface area contributed by atoms with E-state index in [-0.39, 0.29) is 24.2 Å². The first-order chi connectivity index (χ1) is 8.97. The van der Waals surface area contributed by atoms with Crippen LogP contribution in [-0.4, -0.2) is 22.9 Å². The second-order valence-corrected chi connectivity index (χ2v) is 5.60. The van der Waals surface area contributed by atoms with Crippen molar-refractivity contribution in [3.8, 4) is 0 Å². The topological polar surface area (TPSA) is 29.5 Å². The van der Waals surface area contributed by atoms with E-state index in [2.05, 4.69) is 0 Å². The lowest BCUT2D eigenvalue weighted by Gasteiger charge is -2.36. The van der Waals surface area contributed by atoms with Crippen LogP contribution >= 0.6 is 0 Å². The molecule has 2 heterocycles. The van der Waals surface area contributed by atoms with E-state index in [0.717, 1.165) is 18.9 Å². The van der Waals surface area contributed by atoms with Gasteiger partial charge in [-0.1, -0.05) is 6.07 Å². The molecule has 2 bridgehead atoms. The van der Waals surface area contributed by atoms with Gasteiger partial charge in [-0.3, -0.25) is 0 Å². The molecule has 2 fully saturated rings. The highest BCUT2D eigenvalue weighted by Crippen LogP contribution is 2.40. The van der Waals surface area contributed by atoms with Gasteiger partial charge in [0.25, 0.3) is 0 Å². The van der Waals surface area contributed by atoms with E-state index < -0.39 is 23.1 Å². The Morgan fingerprint density at radius 2 is 1.74 bits per heavy atom. The molecule has 0 saturated carbocycles. The first-order valence-electron chi connectivity index (χ1n) is 6.47. The highest BCUT2D eigenvalue weighted by molar-refractivity contribution is 5.22. The fourth-order valence-electron chi connectivity index (χ4n) is 3.21. The van der Waals surface area contributed by atoms with Gasteiger partial charge in [0.2, 0.25) is 0 Å². The fraction of sp³-hybridized carbons (Fsp3) is 0.571. The van der Waals surface area contributed by atoms with Crippen LogP contribution in [0.25, 0.3) is 0 Å². The summed E-state index contributed by atoms with van der Waals surface area (Å²) in [5.74, 6) is -3.89. The van der Waals surface area contributed by atoms with Crippen molar-refractivity contribution in [2.45, 2.75) is 49.9 Å². The first kappa shape index (κ1) is 12.9. The van der Waals surface area contributed by atoms with Gasteiger partial charge in [-0.25, -0.2) is 13.2 Å². The van der Waals surface area contributed by atoms with Crippen molar-refractivity contribution in [1.29, 1.82) is 0 Å². The van der Waals surface area contributed by atoms with Gasteiger partial charge in [-0.05, 0) is 24.5 Å². The third kappa shape index (κ3) is 2.37. The molecule has 1 aromatic rings. The van der Waals surface area contributed by atoms with Gasteiger partial charge in [0.05, 0.1) is 17.8 Å². The van der Waals surface area contributed by atoms with Crippen LogP contribution in [0.1, 0.15) is 31.2 Å². The Labute approximate surface area is 109 Å². The highest BCUT2D eigenvalue weighted by Gasteiger charge is 2.44. The molecule has 5 heteroatoms. The zero-order valence-corrected chi connectivity index (χ0v) is 10.3. The van der Waals surface area contributed by atoms with Crippen molar-refractivity contribution < 1.29 is 23.0 Å². The predicted octanol–water partition coefficient (Wildman–Crippen LogP) is 2.72. The maximum absolute atomic E-state index is 13.6. The molecule has 2 aliphatic heterocycles. The molecule has 1 aromatic carbocycles. The van der Waals surface area contributed by atoms with Gasteiger partial charge < -0.3 is 9.84 Å². The smallest absolute Gasteiger partial charge is 0.194 e. The Kier molecular flexibility index (Phi) is 3.06. The van der Waals surface area contributed by atoms with Gasteiger partial charge >= 0.3 is 0 Å². The molecule has 0 radical (unpaired) electrons. The van der Waals surface area contributed by atoms with Crippen molar-refractivity contribution in [2.75, 3.05) is 0 Å². The van der Waals surface area contributed by atoms with Crippen LogP contribution in [0, 0.1) is 17.5 Å². The van der Waals surface area contributed by atoms with Crippen molar-refractivity contribution in [2.24, 2.45) is 0 Å². The van der Waals surface area contributed by atoms with Gasteiger partial charge in [0.15, 0.2) is 17.5 Å². The van der Waals surface area contributed by atoms with Gasteiger partial charge in [-0.2, -0.15) is 0 Å². The quantitative estimate of drug-likeness (QED) is 0.839. The van der Waals surface area contributed by atoms with E-state index in [1.165, 1.54) is 6.07 Å². The van der Waals surface area contributed by atoms with Crippen LogP contribution < -0.4 is 0 Å². The summed E-state index contributed by atoms with van der Waals surface area (Å²) in [4.78, 5) is 0. The highest BCUT2D eigenvalue weighted by atomic mass is 19.2. The maximum atomic E-state index is 13.6. The first-order valence-corrected chi connectivity index (χ1v) is 6.47. The number of hydrogen-bond donors (Lipinski definition) is 1. The number of halogens is 3. The number of ether oxygens (including phenoxy) is 1. The van der Waals surface area contributed by atoms with Crippen LogP contribution in [0.4, 0.5) is 13.2 Å². The lowest BCUT2D eigenvalue weighted by Crippen LogP contribution is -2.42. The maximum Gasteiger partial charge on any atom is 0.194 e. The number of aliphatic hydroxyl groups is 1. The molecule has 2 aliphatic rings. The van der Waals surface area contributed by atoms with Crippen LogP contribution in [0.3, 0.4) is 0 Å². The van der Waals surface area contributed by atoms with Gasteiger partial charge in [-0.15, -0.1) is 0 Å².